The maximum atomic E-state index is 13.5. The third-order valence-corrected chi connectivity index (χ3v) is 6.45. The van der Waals surface area contributed by atoms with Crippen LogP contribution in [0.25, 0.3) is 0 Å². The molecule has 4 unspecified atom stereocenters. The first kappa shape index (κ1) is 30.0. The van der Waals surface area contributed by atoms with Crippen molar-refractivity contribution in [2.24, 2.45) is 5.92 Å². The van der Waals surface area contributed by atoms with Gasteiger partial charge in [0.15, 0.2) is 11.5 Å². The zero-order chi connectivity index (χ0) is 28.6. The van der Waals surface area contributed by atoms with Gasteiger partial charge in [-0.25, -0.2) is 0 Å². The molecule has 1 aromatic heterocycles. The number of carbonyl (C=O) groups is 4. The average molecular weight is 543 g/mol. The number of hydrogen-bond acceptors (Lipinski definition) is 8. The number of rotatable bonds is 15. The molecule has 3 rings (SSSR count). The minimum Gasteiger partial charge on any atom is -0.382 e. The SMILES string of the molecule is CCc1cc(C(=O)NC(COC)C(=O)NC(Cc2ccccc2)C(=O)NC(CC(C)C)C(=O)C2(C)CO2)no1. The quantitative estimate of drug-likeness (QED) is 0.287. The van der Waals surface area contributed by atoms with Crippen LogP contribution in [0.4, 0.5) is 0 Å². The molecule has 11 nitrogen and oxygen atoms in total. The predicted molar refractivity (Wildman–Crippen MR) is 142 cm³/mol. The Morgan fingerprint density at radius 2 is 1.67 bits per heavy atom. The highest BCUT2D eigenvalue weighted by Gasteiger charge is 2.50. The lowest BCUT2D eigenvalue weighted by Crippen LogP contribution is -2.58. The summed E-state index contributed by atoms with van der Waals surface area (Å²) >= 11 is 0. The summed E-state index contributed by atoms with van der Waals surface area (Å²) in [5, 5.41) is 11.9. The lowest BCUT2D eigenvalue weighted by atomic mass is 9.93. The average Bonchev–Trinajstić information content (AvgIpc) is 3.47. The Bertz CT molecular complexity index is 1140. The van der Waals surface area contributed by atoms with Crippen LogP contribution in [0.5, 0.6) is 0 Å². The standard InChI is InChI=1S/C28H38N4O7/c1-6-19-14-22(32-39-19)26(35)31-23(15-37-5)27(36)30-21(13-18-10-8-7-9-11-18)25(34)29-20(12-17(2)3)24(33)28(4)16-38-28/h7-11,14,17,20-21,23H,6,12-13,15-16H2,1-5H3,(H,29,34)(H,30,36)(H,31,35). The van der Waals surface area contributed by atoms with Crippen LogP contribution in [0.3, 0.4) is 0 Å². The second kappa shape index (κ2) is 13.5. The van der Waals surface area contributed by atoms with Gasteiger partial charge in [-0.1, -0.05) is 56.3 Å². The first-order valence-corrected chi connectivity index (χ1v) is 13.1. The Balaban J connectivity index is 1.77. The van der Waals surface area contributed by atoms with Gasteiger partial charge < -0.3 is 29.9 Å². The Morgan fingerprint density at radius 1 is 1.03 bits per heavy atom. The second-order valence-corrected chi connectivity index (χ2v) is 10.3. The molecule has 212 valence electrons. The van der Waals surface area contributed by atoms with E-state index in [9.17, 15) is 19.2 Å². The highest BCUT2D eigenvalue weighted by atomic mass is 16.6. The number of ether oxygens (including phenoxy) is 2. The van der Waals surface area contributed by atoms with Gasteiger partial charge in [-0.2, -0.15) is 0 Å². The predicted octanol–water partition coefficient (Wildman–Crippen LogP) is 1.60. The molecule has 2 aromatic rings. The first-order chi connectivity index (χ1) is 18.6. The molecule has 0 radical (unpaired) electrons. The van der Waals surface area contributed by atoms with Gasteiger partial charge in [0.05, 0.1) is 19.3 Å². The molecule has 4 atom stereocenters. The molecular weight excluding hydrogens is 504 g/mol. The first-order valence-electron chi connectivity index (χ1n) is 13.1. The van der Waals surface area contributed by atoms with E-state index in [0.29, 0.717) is 25.2 Å². The highest BCUT2D eigenvalue weighted by molar-refractivity contribution is 5.99. The van der Waals surface area contributed by atoms with Crippen LogP contribution in [0, 0.1) is 5.92 Å². The largest absolute Gasteiger partial charge is 0.382 e. The summed E-state index contributed by atoms with van der Waals surface area (Å²) in [7, 11) is 1.40. The van der Waals surface area contributed by atoms with Crippen molar-refractivity contribution in [2.45, 2.75) is 70.7 Å². The number of aryl methyl sites for hydroxylation is 1. The lowest BCUT2D eigenvalue weighted by Gasteiger charge is -2.26. The zero-order valence-electron chi connectivity index (χ0n) is 23.1. The normalized spacial score (nSPS) is 18.6. The van der Waals surface area contributed by atoms with Crippen LogP contribution in [0.1, 0.15) is 55.9 Å². The minimum atomic E-state index is -1.11. The molecule has 0 bridgehead atoms. The molecule has 1 fully saturated rings. The molecule has 0 aliphatic carbocycles. The summed E-state index contributed by atoms with van der Waals surface area (Å²) in [6.45, 7) is 7.65. The number of carbonyl (C=O) groups excluding carboxylic acids is 4. The maximum Gasteiger partial charge on any atom is 0.274 e. The topological polar surface area (TPSA) is 152 Å². The molecule has 3 N–H and O–H groups in total. The summed E-state index contributed by atoms with van der Waals surface area (Å²) < 4.78 is 15.6. The van der Waals surface area contributed by atoms with E-state index in [1.54, 1.807) is 6.92 Å². The molecule has 11 heteroatoms. The second-order valence-electron chi connectivity index (χ2n) is 10.3. The van der Waals surface area contributed by atoms with Gasteiger partial charge in [0, 0.05) is 26.0 Å². The van der Waals surface area contributed by atoms with Crippen LogP contribution in [0.15, 0.2) is 40.9 Å². The molecule has 2 heterocycles. The number of benzene rings is 1. The van der Waals surface area contributed by atoms with Crippen molar-refractivity contribution in [1.29, 1.82) is 0 Å². The fourth-order valence-corrected chi connectivity index (χ4v) is 4.09. The lowest BCUT2D eigenvalue weighted by molar-refractivity contribution is -0.133. The van der Waals surface area contributed by atoms with Gasteiger partial charge in [0.25, 0.3) is 5.91 Å². The Labute approximate surface area is 228 Å². The van der Waals surface area contributed by atoms with E-state index in [-0.39, 0.29) is 30.4 Å². The minimum absolute atomic E-state index is 0.0326. The third-order valence-electron chi connectivity index (χ3n) is 6.45. The molecular formula is C28H38N4O7. The Morgan fingerprint density at radius 3 is 2.23 bits per heavy atom. The molecule has 0 spiro atoms. The van der Waals surface area contributed by atoms with Gasteiger partial charge >= 0.3 is 0 Å². The Kier molecular flexibility index (Phi) is 10.4. The Hall–Kier alpha value is -3.57. The van der Waals surface area contributed by atoms with Gasteiger partial charge in [-0.15, -0.1) is 0 Å². The smallest absolute Gasteiger partial charge is 0.274 e. The monoisotopic (exact) mass is 542 g/mol. The number of Topliss-reactive ketones (excluding diaryl/α,β-unsaturated/α-hetero) is 1. The molecule has 1 saturated heterocycles. The van der Waals surface area contributed by atoms with E-state index < -0.39 is 41.4 Å². The van der Waals surface area contributed by atoms with Crippen molar-refractivity contribution >= 4 is 23.5 Å². The van der Waals surface area contributed by atoms with Crippen LogP contribution < -0.4 is 16.0 Å². The molecule has 1 aromatic carbocycles. The fraction of sp³-hybridized carbons (Fsp3) is 0.536. The van der Waals surface area contributed by atoms with Crippen molar-refractivity contribution in [3.8, 4) is 0 Å². The molecule has 0 saturated carbocycles. The van der Waals surface area contributed by atoms with Gasteiger partial charge in [-0.3, -0.25) is 19.2 Å². The summed E-state index contributed by atoms with van der Waals surface area (Å²) in [5.41, 5.74) is -0.0632. The van der Waals surface area contributed by atoms with E-state index in [1.807, 2.05) is 51.1 Å². The zero-order valence-corrected chi connectivity index (χ0v) is 23.1. The maximum absolute atomic E-state index is 13.5. The van der Waals surface area contributed by atoms with E-state index in [2.05, 4.69) is 21.1 Å². The number of amides is 3. The van der Waals surface area contributed by atoms with Crippen molar-refractivity contribution in [2.75, 3.05) is 20.3 Å². The van der Waals surface area contributed by atoms with Gasteiger partial charge in [0.1, 0.15) is 23.4 Å². The summed E-state index contributed by atoms with van der Waals surface area (Å²) in [6.07, 6.45) is 1.16. The third kappa shape index (κ3) is 8.46. The van der Waals surface area contributed by atoms with Crippen molar-refractivity contribution < 1.29 is 33.2 Å². The summed E-state index contributed by atoms with van der Waals surface area (Å²) in [5.74, 6) is -1.28. The van der Waals surface area contributed by atoms with E-state index in [0.717, 1.165) is 5.56 Å². The number of ketones is 1. The van der Waals surface area contributed by atoms with E-state index in [1.165, 1.54) is 13.2 Å². The van der Waals surface area contributed by atoms with Crippen LogP contribution in [-0.4, -0.2) is 72.7 Å². The highest BCUT2D eigenvalue weighted by Crippen LogP contribution is 2.29. The molecule has 3 amide bonds. The number of aromatic nitrogens is 1. The van der Waals surface area contributed by atoms with Crippen LogP contribution in [0.2, 0.25) is 0 Å². The van der Waals surface area contributed by atoms with E-state index in [4.69, 9.17) is 14.0 Å². The number of nitrogens with one attached hydrogen (secondary N) is 3. The number of hydrogen-bond donors (Lipinski definition) is 3. The molecule has 1 aliphatic heterocycles. The number of methoxy groups -OCH3 is 1. The van der Waals surface area contributed by atoms with Gasteiger partial charge in [-0.05, 0) is 24.8 Å². The fourth-order valence-electron chi connectivity index (χ4n) is 4.09. The molecule has 39 heavy (non-hydrogen) atoms. The number of epoxide rings is 1. The van der Waals surface area contributed by atoms with Crippen molar-refractivity contribution in [3.05, 3.63) is 53.4 Å². The summed E-state index contributed by atoms with van der Waals surface area (Å²) in [6, 6.07) is 7.79. The van der Waals surface area contributed by atoms with Crippen LogP contribution >= 0.6 is 0 Å². The van der Waals surface area contributed by atoms with Gasteiger partial charge in [0.2, 0.25) is 11.8 Å². The van der Waals surface area contributed by atoms with Crippen molar-refractivity contribution in [1.82, 2.24) is 21.1 Å². The number of nitrogens with zero attached hydrogens (tertiary/aromatic N) is 1. The van der Waals surface area contributed by atoms with E-state index >= 15 is 0 Å². The van der Waals surface area contributed by atoms with Crippen LogP contribution in [-0.2, 0) is 36.7 Å². The molecule has 1 aliphatic rings. The summed E-state index contributed by atoms with van der Waals surface area (Å²) in [4.78, 5) is 52.6. The van der Waals surface area contributed by atoms with Crippen molar-refractivity contribution in [3.63, 3.8) is 0 Å².